The largest absolute Gasteiger partial charge is 0.441 e. The van der Waals surface area contributed by atoms with Crippen LogP contribution in [0.15, 0.2) is 53.1 Å². The molecule has 0 radical (unpaired) electrons. The number of aryl methyl sites for hydroxylation is 1. The molecule has 0 bridgehead atoms. The average Bonchev–Trinajstić information content (AvgIpc) is 3.10. The minimum absolute atomic E-state index is 0.0696. The highest BCUT2D eigenvalue weighted by atomic mass is 35.5. The first-order valence-electron chi connectivity index (χ1n) is 8.09. The van der Waals surface area contributed by atoms with Crippen LogP contribution in [0.4, 0.5) is 18.9 Å². The molecular formula is C19H13Cl2F3N2O2. The van der Waals surface area contributed by atoms with E-state index in [1.54, 1.807) is 24.3 Å². The molecule has 3 rings (SSSR count). The Bertz CT molecular complexity index is 986. The SMILES string of the molecule is O=C(CCc1ncc(-c2ccc(Cl)cc2)o1)Nc1ccc(Cl)cc1C(F)(F)F. The highest BCUT2D eigenvalue weighted by molar-refractivity contribution is 6.31. The summed E-state index contributed by atoms with van der Waals surface area (Å²) in [6.45, 7) is 0. The van der Waals surface area contributed by atoms with Gasteiger partial charge in [-0.05, 0) is 42.5 Å². The summed E-state index contributed by atoms with van der Waals surface area (Å²) in [6.07, 6.45) is -3.09. The number of hydrogen-bond acceptors (Lipinski definition) is 3. The molecule has 0 aliphatic carbocycles. The van der Waals surface area contributed by atoms with Gasteiger partial charge in [0.1, 0.15) is 0 Å². The molecule has 1 amide bonds. The van der Waals surface area contributed by atoms with Gasteiger partial charge in [-0.15, -0.1) is 0 Å². The van der Waals surface area contributed by atoms with Gasteiger partial charge in [-0.2, -0.15) is 13.2 Å². The van der Waals surface area contributed by atoms with Crippen LogP contribution in [0.2, 0.25) is 10.0 Å². The van der Waals surface area contributed by atoms with Crippen molar-refractivity contribution < 1.29 is 22.4 Å². The standard InChI is InChI=1S/C19H13Cl2F3N2O2/c20-12-3-1-11(2-4-12)16-10-25-18(28-16)8-7-17(27)26-15-6-5-13(21)9-14(15)19(22,23)24/h1-6,9-10H,7-8H2,(H,26,27). The van der Waals surface area contributed by atoms with E-state index in [1.165, 1.54) is 12.3 Å². The van der Waals surface area contributed by atoms with E-state index >= 15 is 0 Å². The molecule has 28 heavy (non-hydrogen) atoms. The van der Waals surface area contributed by atoms with Gasteiger partial charge >= 0.3 is 6.18 Å². The zero-order chi connectivity index (χ0) is 20.3. The number of carbonyl (C=O) groups is 1. The molecule has 0 unspecified atom stereocenters. The molecule has 4 nitrogen and oxygen atoms in total. The van der Waals surface area contributed by atoms with Crippen LogP contribution < -0.4 is 5.32 Å². The first kappa shape index (κ1) is 20.2. The summed E-state index contributed by atoms with van der Waals surface area (Å²) in [5.41, 5.74) is -0.589. The number of carbonyl (C=O) groups excluding carboxylic acids is 1. The summed E-state index contributed by atoms with van der Waals surface area (Å²) in [6, 6.07) is 10.1. The molecule has 2 aromatic carbocycles. The fraction of sp³-hybridized carbons (Fsp3) is 0.158. The molecule has 3 aromatic rings. The van der Waals surface area contributed by atoms with Gasteiger partial charge in [0.05, 0.1) is 17.4 Å². The highest BCUT2D eigenvalue weighted by Gasteiger charge is 2.34. The predicted octanol–water partition coefficient (Wildman–Crippen LogP) is 6.24. The second kappa shape index (κ2) is 8.24. The number of amides is 1. The van der Waals surface area contributed by atoms with Gasteiger partial charge in [-0.1, -0.05) is 23.2 Å². The molecule has 0 saturated carbocycles. The topological polar surface area (TPSA) is 55.1 Å². The number of benzene rings is 2. The number of hydrogen-bond donors (Lipinski definition) is 1. The molecule has 146 valence electrons. The number of alkyl halides is 3. The summed E-state index contributed by atoms with van der Waals surface area (Å²) < 4.78 is 44.8. The number of oxazole rings is 1. The summed E-state index contributed by atoms with van der Waals surface area (Å²) >= 11 is 11.5. The van der Waals surface area contributed by atoms with Crippen LogP contribution in [0.25, 0.3) is 11.3 Å². The molecule has 0 aliphatic rings. The van der Waals surface area contributed by atoms with E-state index in [-0.39, 0.29) is 23.6 Å². The van der Waals surface area contributed by atoms with Gasteiger partial charge < -0.3 is 9.73 Å². The number of anilines is 1. The number of rotatable bonds is 5. The van der Waals surface area contributed by atoms with Crippen molar-refractivity contribution in [2.24, 2.45) is 0 Å². The molecule has 0 aliphatic heterocycles. The van der Waals surface area contributed by atoms with E-state index in [0.29, 0.717) is 16.7 Å². The maximum absolute atomic E-state index is 13.1. The predicted molar refractivity (Wildman–Crippen MR) is 100 cm³/mol. The lowest BCUT2D eigenvalue weighted by molar-refractivity contribution is -0.137. The van der Waals surface area contributed by atoms with Crippen molar-refractivity contribution in [2.45, 2.75) is 19.0 Å². The first-order chi connectivity index (χ1) is 13.2. The summed E-state index contributed by atoms with van der Waals surface area (Å²) in [7, 11) is 0. The molecule has 0 atom stereocenters. The van der Waals surface area contributed by atoms with Crippen molar-refractivity contribution in [3.63, 3.8) is 0 Å². The quantitative estimate of drug-likeness (QED) is 0.523. The maximum Gasteiger partial charge on any atom is 0.418 e. The minimum atomic E-state index is -4.64. The van der Waals surface area contributed by atoms with Gasteiger partial charge in [0.25, 0.3) is 0 Å². The van der Waals surface area contributed by atoms with Crippen molar-refractivity contribution in [2.75, 3.05) is 5.32 Å². The third-order valence-electron chi connectivity index (χ3n) is 3.81. The molecule has 0 spiro atoms. The summed E-state index contributed by atoms with van der Waals surface area (Å²) in [5, 5.41) is 2.77. The number of nitrogens with zero attached hydrogens (tertiary/aromatic N) is 1. The molecule has 0 saturated heterocycles. The molecular weight excluding hydrogens is 416 g/mol. The Balaban J connectivity index is 1.63. The van der Waals surface area contributed by atoms with E-state index in [2.05, 4.69) is 10.3 Å². The number of halogens is 5. The lowest BCUT2D eigenvalue weighted by Gasteiger charge is -2.14. The van der Waals surface area contributed by atoms with E-state index < -0.39 is 17.6 Å². The van der Waals surface area contributed by atoms with Gasteiger partial charge in [-0.25, -0.2) is 4.98 Å². The second-order valence-electron chi connectivity index (χ2n) is 5.86. The normalized spacial score (nSPS) is 11.5. The van der Waals surface area contributed by atoms with Crippen molar-refractivity contribution in [3.05, 3.63) is 70.2 Å². The van der Waals surface area contributed by atoms with Crippen molar-refractivity contribution in [1.29, 1.82) is 0 Å². The lowest BCUT2D eigenvalue weighted by atomic mass is 10.1. The monoisotopic (exact) mass is 428 g/mol. The zero-order valence-electron chi connectivity index (χ0n) is 14.2. The maximum atomic E-state index is 13.1. The molecule has 1 aromatic heterocycles. The Hall–Kier alpha value is -2.51. The number of aromatic nitrogens is 1. The number of nitrogens with one attached hydrogen (secondary N) is 1. The fourth-order valence-corrected chi connectivity index (χ4v) is 2.76. The second-order valence-corrected chi connectivity index (χ2v) is 6.73. The van der Waals surface area contributed by atoms with Crippen LogP contribution in [0.1, 0.15) is 17.9 Å². The average molecular weight is 429 g/mol. The van der Waals surface area contributed by atoms with Crippen LogP contribution in [0.3, 0.4) is 0 Å². The van der Waals surface area contributed by atoms with Crippen molar-refractivity contribution in [1.82, 2.24) is 4.98 Å². The van der Waals surface area contributed by atoms with Gasteiger partial charge in [0.15, 0.2) is 11.7 Å². The Morgan fingerprint density at radius 1 is 1.07 bits per heavy atom. The Kier molecular flexibility index (Phi) is 5.96. The highest BCUT2D eigenvalue weighted by Crippen LogP contribution is 2.36. The Morgan fingerprint density at radius 2 is 1.75 bits per heavy atom. The van der Waals surface area contributed by atoms with Crippen molar-refractivity contribution in [3.8, 4) is 11.3 Å². The minimum Gasteiger partial charge on any atom is -0.441 e. The third-order valence-corrected chi connectivity index (χ3v) is 4.30. The zero-order valence-corrected chi connectivity index (χ0v) is 15.7. The Morgan fingerprint density at radius 3 is 2.43 bits per heavy atom. The van der Waals surface area contributed by atoms with E-state index in [9.17, 15) is 18.0 Å². The first-order valence-corrected chi connectivity index (χ1v) is 8.85. The van der Waals surface area contributed by atoms with Crippen LogP contribution in [0.5, 0.6) is 0 Å². The Labute approximate surface area is 168 Å². The third kappa shape index (κ3) is 5.05. The van der Waals surface area contributed by atoms with Gasteiger partial charge in [0.2, 0.25) is 5.91 Å². The van der Waals surface area contributed by atoms with Crippen LogP contribution in [-0.2, 0) is 17.4 Å². The van der Waals surface area contributed by atoms with E-state index in [1.807, 2.05) is 0 Å². The van der Waals surface area contributed by atoms with Crippen LogP contribution in [-0.4, -0.2) is 10.9 Å². The fourth-order valence-electron chi connectivity index (χ4n) is 2.47. The molecule has 1 N–H and O–H groups in total. The molecule has 1 heterocycles. The molecule has 9 heteroatoms. The summed E-state index contributed by atoms with van der Waals surface area (Å²) in [5.74, 6) is 0.204. The summed E-state index contributed by atoms with van der Waals surface area (Å²) in [4.78, 5) is 16.2. The lowest BCUT2D eigenvalue weighted by Crippen LogP contribution is -2.17. The van der Waals surface area contributed by atoms with Crippen LogP contribution >= 0.6 is 23.2 Å². The van der Waals surface area contributed by atoms with Crippen molar-refractivity contribution >= 4 is 34.8 Å². The van der Waals surface area contributed by atoms with Gasteiger partial charge in [-0.3, -0.25) is 4.79 Å². The van der Waals surface area contributed by atoms with Gasteiger partial charge in [0, 0.05) is 28.5 Å². The van der Waals surface area contributed by atoms with E-state index in [4.69, 9.17) is 27.6 Å². The smallest absolute Gasteiger partial charge is 0.418 e. The van der Waals surface area contributed by atoms with Crippen LogP contribution in [0, 0.1) is 0 Å². The molecule has 0 fully saturated rings. The van der Waals surface area contributed by atoms with E-state index in [0.717, 1.165) is 17.7 Å².